The summed E-state index contributed by atoms with van der Waals surface area (Å²) in [4.78, 5) is 25.9. The Morgan fingerprint density at radius 2 is 1.65 bits per heavy atom. The van der Waals surface area contributed by atoms with Crippen LogP contribution in [0.1, 0.15) is 33.6 Å². The van der Waals surface area contributed by atoms with Crippen molar-refractivity contribution >= 4 is 27.7 Å². The SMILES string of the molecule is O=C1c2ccccc2C(=O)N1CC(Br)=C1CCNCC1. The number of halogens is 1. The molecular weight excluding hydrogens is 320 g/mol. The number of amides is 2. The topological polar surface area (TPSA) is 49.4 Å². The molecule has 0 aromatic heterocycles. The van der Waals surface area contributed by atoms with Crippen LogP contribution in [0.3, 0.4) is 0 Å². The Bertz CT molecular complexity index is 567. The molecule has 5 heteroatoms. The summed E-state index contributed by atoms with van der Waals surface area (Å²) in [7, 11) is 0. The summed E-state index contributed by atoms with van der Waals surface area (Å²) < 4.78 is 0.966. The van der Waals surface area contributed by atoms with Gasteiger partial charge < -0.3 is 5.32 Å². The molecule has 1 N–H and O–H groups in total. The summed E-state index contributed by atoms with van der Waals surface area (Å²) in [6.45, 7) is 2.24. The molecule has 3 rings (SSSR count). The number of rotatable bonds is 2. The first-order valence-electron chi connectivity index (χ1n) is 6.71. The third-order valence-corrected chi connectivity index (χ3v) is 4.58. The van der Waals surface area contributed by atoms with Crippen LogP contribution in [0, 0.1) is 0 Å². The Hall–Kier alpha value is -1.46. The normalized spacial score (nSPS) is 18.4. The quantitative estimate of drug-likeness (QED) is 0.844. The lowest BCUT2D eigenvalue weighted by molar-refractivity contribution is 0.0670. The van der Waals surface area contributed by atoms with Crippen LogP contribution in [0.25, 0.3) is 0 Å². The number of carbonyl (C=O) groups excluding carboxylic acids is 2. The third-order valence-electron chi connectivity index (χ3n) is 3.77. The van der Waals surface area contributed by atoms with Crippen LogP contribution in [0.5, 0.6) is 0 Å². The van der Waals surface area contributed by atoms with Crippen LogP contribution in [0.4, 0.5) is 0 Å². The molecule has 104 valence electrons. The van der Waals surface area contributed by atoms with Crippen molar-refractivity contribution < 1.29 is 9.59 Å². The Balaban J connectivity index is 1.83. The van der Waals surface area contributed by atoms with Crippen molar-refractivity contribution in [2.75, 3.05) is 19.6 Å². The molecule has 1 aromatic carbocycles. The van der Waals surface area contributed by atoms with E-state index in [9.17, 15) is 9.59 Å². The van der Waals surface area contributed by atoms with E-state index in [1.165, 1.54) is 10.5 Å². The zero-order valence-corrected chi connectivity index (χ0v) is 12.6. The Morgan fingerprint density at radius 3 is 2.20 bits per heavy atom. The zero-order valence-electron chi connectivity index (χ0n) is 11.0. The van der Waals surface area contributed by atoms with Crippen LogP contribution < -0.4 is 5.32 Å². The molecule has 2 aliphatic rings. The Labute approximate surface area is 126 Å². The first-order valence-corrected chi connectivity index (χ1v) is 7.50. The first kappa shape index (κ1) is 13.5. The maximum atomic E-state index is 12.3. The molecule has 0 spiro atoms. The number of benzene rings is 1. The molecule has 0 radical (unpaired) electrons. The minimum atomic E-state index is -0.197. The van der Waals surface area contributed by atoms with Crippen molar-refractivity contribution in [3.05, 3.63) is 45.4 Å². The average Bonchev–Trinajstić information content (AvgIpc) is 2.74. The molecule has 2 aliphatic heterocycles. The van der Waals surface area contributed by atoms with Gasteiger partial charge in [-0.15, -0.1) is 0 Å². The lowest BCUT2D eigenvalue weighted by Gasteiger charge is -2.20. The highest BCUT2D eigenvalue weighted by molar-refractivity contribution is 9.11. The fourth-order valence-corrected chi connectivity index (χ4v) is 3.28. The van der Waals surface area contributed by atoms with E-state index in [0.717, 1.165) is 30.4 Å². The zero-order chi connectivity index (χ0) is 14.1. The van der Waals surface area contributed by atoms with Gasteiger partial charge in [0.1, 0.15) is 0 Å². The molecule has 4 nitrogen and oxygen atoms in total. The van der Waals surface area contributed by atoms with Crippen molar-refractivity contribution in [1.29, 1.82) is 0 Å². The van der Waals surface area contributed by atoms with E-state index in [-0.39, 0.29) is 11.8 Å². The van der Waals surface area contributed by atoms with Crippen molar-refractivity contribution in [1.82, 2.24) is 10.2 Å². The fourth-order valence-electron chi connectivity index (χ4n) is 2.63. The van der Waals surface area contributed by atoms with Gasteiger partial charge in [-0.25, -0.2) is 0 Å². The van der Waals surface area contributed by atoms with Crippen molar-refractivity contribution in [2.45, 2.75) is 12.8 Å². The molecule has 1 saturated heterocycles. The van der Waals surface area contributed by atoms with E-state index in [2.05, 4.69) is 21.2 Å². The summed E-state index contributed by atoms with van der Waals surface area (Å²) >= 11 is 3.55. The van der Waals surface area contributed by atoms with Gasteiger partial charge in [-0.2, -0.15) is 0 Å². The second-order valence-electron chi connectivity index (χ2n) is 5.00. The fraction of sp³-hybridized carbons (Fsp3) is 0.333. The molecule has 0 atom stereocenters. The van der Waals surface area contributed by atoms with E-state index >= 15 is 0 Å². The Kier molecular flexibility index (Phi) is 3.72. The second kappa shape index (κ2) is 5.50. The smallest absolute Gasteiger partial charge is 0.261 e. The number of imide groups is 1. The molecule has 0 bridgehead atoms. The lowest BCUT2D eigenvalue weighted by atomic mass is 10.1. The third kappa shape index (κ3) is 2.31. The number of nitrogens with one attached hydrogen (secondary N) is 1. The van der Waals surface area contributed by atoms with Crippen LogP contribution in [-0.4, -0.2) is 36.3 Å². The van der Waals surface area contributed by atoms with Crippen LogP contribution >= 0.6 is 15.9 Å². The van der Waals surface area contributed by atoms with Gasteiger partial charge in [-0.05, 0) is 38.1 Å². The summed E-state index contributed by atoms with van der Waals surface area (Å²) in [5.41, 5.74) is 2.31. The van der Waals surface area contributed by atoms with Crippen LogP contribution in [-0.2, 0) is 0 Å². The van der Waals surface area contributed by atoms with Crippen molar-refractivity contribution in [3.8, 4) is 0 Å². The minimum absolute atomic E-state index is 0.197. The molecule has 1 fully saturated rings. The second-order valence-corrected chi connectivity index (χ2v) is 5.96. The van der Waals surface area contributed by atoms with Gasteiger partial charge in [-0.3, -0.25) is 14.5 Å². The molecule has 1 aromatic rings. The summed E-state index contributed by atoms with van der Waals surface area (Å²) in [5, 5.41) is 3.29. The highest BCUT2D eigenvalue weighted by atomic mass is 79.9. The summed E-state index contributed by atoms with van der Waals surface area (Å²) in [6, 6.07) is 6.99. The predicted octanol–water partition coefficient (Wildman–Crippen LogP) is 2.32. The van der Waals surface area contributed by atoms with E-state index in [1.54, 1.807) is 24.3 Å². The largest absolute Gasteiger partial charge is 0.316 e. The van der Waals surface area contributed by atoms with E-state index < -0.39 is 0 Å². The van der Waals surface area contributed by atoms with Crippen LogP contribution in [0.2, 0.25) is 0 Å². The molecule has 0 saturated carbocycles. The van der Waals surface area contributed by atoms with Gasteiger partial charge in [0.25, 0.3) is 11.8 Å². The standard InChI is InChI=1S/C15H15BrN2O2/c16-13(10-5-7-17-8-6-10)9-18-14(19)11-3-1-2-4-12(11)15(18)20/h1-4,17H,5-9H2. The number of nitrogens with zero attached hydrogens (tertiary/aromatic N) is 1. The van der Waals surface area contributed by atoms with Gasteiger partial charge in [0, 0.05) is 4.48 Å². The maximum Gasteiger partial charge on any atom is 0.261 e. The maximum absolute atomic E-state index is 12.3. The summed E-state index contributed by atoms with van der Waals surface area (Å²) in [6.07, 6.45) is 1.92. The van der Waals surface area contributed by atoms with Crippen LogP contribution in [0.15, 0.2) is 34.3 Å². The highest BCUT2D eigenvalue weighted by Crippen LogP contribution is 2.27. The average molecular weight is 335 g/mol. The minimum Gasteiger partial charge on any atom is -0.316 e. The monoisotopic (exact) mass is 334 g/mol. The molecule has 2 amide bonds. The molecule has 0 unspecified atom stereocenters. The van der Waals surface area contributed by atoms with E-state index in [1.807, 2.05) is 0 Å². The van der Waals surface area contributed by atoms with Crippen molar-refractivity contribution in [2.24, 2.45) is 0 Å². The number of piperidine rings is 1. The van der Waals surface area contributed by atoms with E-state index in [4.69, 9.17) is 0 Å². The molecule has 2 heterocycles. The predicted molar refractivity (Wildman–Crippen MR) is 79.9 cm³/mol. The molecule has 0 aliphatic carbocycles. The number of hydrogen-bond donors (Lipinski definition) is 1. The number of hydrogen-bond acceptors (Lipinski definition) is 3. The number of carbonyl (C=O) groups is 2. The van der Waals surface area contributed by atoms with Gasteiger partial charge in [0.05, 0.1) is 17.7 Å². The lowest BCUT2D eigenvalue weighted by Crippen LogP contribution is -2.32. The van der Waals surface area contributed by atoms with E-state index in [0.29, 0.717) is 17.7 Å². The molecule has 20 heavy (non-hydrogen) atoms. The summed E-state index contributed by atoms with van der Waals surface area (Å²) in [5.74, 6) is -0.394. The first-order chi connectivity index (χ1) is 9.68. The van der Waals surface area contributed by atoms with Gasteiger partial charge in [0.2, 0.25) is 0 Å². The van der Waals surface area contributed by atoms with Gasteiger partial charge in [-0.1, -0.05) is 33.6 Å². The van der Waals surface area contributed by atoms with Gasteiger partial charge >= 0.3 is 0 Å². The molecular formula is C15H15BrN2O2. The number of fused-ring (bicyclic) bond motifs is 1. The highest BCUT2D eigenvalue weighted by Gasteiger charge is 2.35. The van der Waals surface area contributed by atoms with Gasteiger partial charge in [0.15, 0.2) is 0 Å². The Morgan fingerprint density at radius 1 is 1.10 bits per heavy atom. The van der Waals surface area contributed by atoms with Crippen molar-refractivity contribution in [3.63, 3.8) is 0 Å².